The van der Waals surface area contributed by atoms with Crippen molar-refractivity contribution in [1.82, 2.24) is 19.8 Å². The molecule has 3 aromatic rings. The quantitative estimate of drug-likeness (QED) is 0.250. The number of carbonyl (C=O) groups excluding carboxylic acids is 2. The van der Waals surface area contributed by atoms with Crippen LogP contribution < -0.4 is 10.2 Å². The molecule has 0 bridgehead atoms. The average Bonchev–Trinajstić information content (AvgIpc) is 3.64. The van der Waals surface area contributed by atoms with Gasteiger partial charge in [0.25, 0.3) is 5.91 Å². The number of nitrogens with zero attached hydrogens (tertiary/aromatic N) is 4. The number of carbonyl (C=O) groups is 2. The van der Waals surface area contributed by atoms with Gasteiger partial charge in [0.05, 0.1) is 18.8 Å². The second-order valence-corrected chi connectivity index (χ2v) is 10.1. The van der Waals surface area contributed by atoms with E-state index in [-0.39, 0.29) is 41.8 Å². The SMILES string of the molecule is N=C(/C=C\c1ncc(C(=O)Nc2ccc(N3CCN(C(=O)CO)CC3)cc2)[nH]1)N1C[C@@H](F)C[C@@H]1c1cc(F)ccc1F. The minimum Gasteiger partial charge on any atom is -0.387 e. The largest absolute Gasteiger partial charge is 0.387 e. The van der Waals surface area contributed by atoms with E-state index in [0.717, 1.165) is 23.9 Å². The monoisotopic (exact) mass is 581 g/mol. The van der Waals surface area contributed by atoms with E-state index in [1.54, 1.807) is 17.0 Å². The van der Waals surface area contributed by atoms with E-state index < -0.39 is 36.4 Å². The first-order valence-corrected chi connectivity index (χ1v) is 13.4. The fourth-order valence-corrected chi connectivity index (χ4v) is 5.17. The molecule has 2 saturated heterocycles. The second kappa shape index (κ2) is 12.5. The van der Waals surface area contributed by atoms with Gasteiger partial charge < -0.3 is 30.1 Å². The Hall–Kier alpha value is -4.65. The maximum atomic E-state index is 14.3. The molecule has 2 atom stereocenters. The topological polar surface area (TPSA) is 129 Å². The van der Waals surface area contributed by atoms with Gasteiger partial charge >= 0.3 is 0 Å². The molecule has 10 nitrogen and oxygen atoms in total. The molecule has 2 fully saturated rings. The third-order valence-electron chi connectivity index (χ3n) is 7.37. The van der Waals surface area contributed by atoms with Crippen molar-refractivity contribution in [3.8, 4) is 0 Å². The Morgan fingerprint density at radius 1 is 1.12 bits per heavy atom. The highest BCUT2D eigenvalue weighted by Crippen LogP contribution is 2.35. The Morgan fingerprint density at radius 3 is 2.57 bits per heavy atom. The van der Waals surface area contributed by atoms with Crippen LogP contribution in [0.5, 0.6) is 0 Å². The molecule has 0 unspecified atom stereocenters. The minimum absolute atomic E-state index is 0.00426. The summed E-state index contributed by atoms with van der Waals surface area (Å²) in [5.74, 6) is -1.83. The molecule has 220 valence electrons. The fourth-order valence-electron chi connectivity index (χ4n) is 5.17. The van der Waals surface area contributed by atoms with Gasteiger partial charge in [0.1, 0.15) is 41.8 Å². The molecular formula is C29H30F3N7O3. The lowest BCUT2D eigenvalue weighted by Gasteiger charge is -2.35. The normalized spacial score (nSPS) is 19.0. The van der Waals surface area contributed by atoms with Crippen LogP contribution in [0.3, 0.4) is 0 Å². The van der Waals surface area contributed by atoms with Crippen LogP contribution in [0.1, 0.15) is 34.3 Å². The lowest BCUT2D eigenvalue weighted by molar-refractivity contribution is -0.134. The van der Waals surface area contributed by atoms with Crippen molar-refractivity contribution >= 4 is 35.1 Å². The maximum Gasteiger partial charge on any atom is 0.273 e. The number of halogens is 3. The highest BCUT2D eigenvalue weighted by atomic mass is 19.1. The van der Waals surface area contributed by atoms with Crippen molar-refractivity contribution < 1.29 is 27.9 Å². The summed E-state index contributed by atoms with van der Waals surface area (Å²) in [5, 5.41) is 20.2. The predicted molar refractivity (Wildman–Crippen MR) is 151 cm³/mol. The number of nitrogens with one attached hydrogen (secondary N) is 3. The molecule has 4 N–H and O–H groups in total. The number of aliphatic hydroxyl groups excluding tert-OH is 1. The van der Waals surface area contributed by atoms with Gasteiger partial charge in [0.2, 0.25) is 5.91 Å². The number of likely N-dealkylation sites (tertiary alicyclic amines) is 1. The molecule has 0 spiro atoms. The first-order chi connectivity index (χ1) is 20.2. The molecule has 2 aliphatic rings. The molecule has 0 radical (unpaired) electrons. The van der Waals surface area contributed by atoms with Gasteiger partial charge in [-0.25, -0.2) is 18.2 Å². The van der Waals surface area contributed by atoms with Gasteiger partial charge in [0.15, 0.2) is 0 Å². The van der Waals surface area contributed by atoms with Crippen molar-refractivity contribution in [2.75, 3.05) is 49.5 Å². The summed E-state index contributed by atoms with van der Waals surface area (Å²) in [6.45, 7) is 1.69. The van der Waals surface area contributed by atoms with Crippen molar-refractivity contribution in [2.24, 2.45) is 0 Å². The first kappa shape index (κ1) is 28.9. The molecule has 2 aliphatic heterocycles. The molecule has 2 amide bonds. The van der Waals surface area contributed by atoms with Gasteiger partial charge in [-0.3, -0.25) is 15.0 Å². The molecule has 42 heavy (non-hydrogen) atoms. The molecule has 5 rings (SSSR count). The van der Waals surface area contributed by atoms with E-state index >= 15 is 0 Å². The van der Waals surface area contributed by atoms with E-state index in [4.69, 9.17) is 10.5 Å². The van der Waals surface area contributed by atoms with E-state index in [9.17, 15) is 22.8 Å². The van der Waals surface area contributed by atoms with Crippen LogP contribution in [0.2, 0.25) is 0 Å². The molecule has 2 aromatic carbocycles. The van der Waals surface area contributed by atoms with Crippen LogP contribution in [-0.4, -0.2) is 88.0 Å². The van der Waals surface area contributed by atoms with Crippen LogP contribution in [-0.2, 0) is 4.79 Å². The number of amides is 2. The molecule has 13 heteroatoms. The van der Waals surface area contributed by atoms with Gasteiger partial charge in [-0.15, -0.1) is 0 Å². The number of aromatic nitrogens is 2. The van der Waals surface area contributed by atoms with Gasteiger partial charge in [-0.1, -0.05) is 0 Å². The molecular weight excluding hydrogens is 551 g/mol. The predicted octanol–water partition coefficient (Wildman–Crippen LogP) is 3.36. The van der Waals surface area contributed by atoms with Crippen LogP contribution in [0.15, 0.2) is 54.7 Å². The third kappa shape index (κ3) is 6.46. The summed E-state index contributed by atoms with van der Waals surface area (Å²) in [7, 11) is 0. The minimum atomic E-state index is -1.30. The second-order valence-electron chi connectivity index (χ2n) is 10.1. The number of anilines is 2. The number of benzene rings is 2. The number of rotatable bonds is 7. The third-order valence-corrected chi connectivity index (χ3v) is 7.37. The van der Waals surface area contributed by atoms with Crippen LogP contribution >= 0.6 is 0 Å². The number of amidine groups is 1. The summed E-state index contributed by atoms with van der Waals surface area (Å²) in [4.78, 5) is 36.5. The average molecular weight is 582 g/mol. The van der Waals surface area contributed by atoms with Crippen molar-refractivity contribution in [1.29, 1.82) is 5.41 Å². The summed E-state index contributed by atoms with van der Waals surface area (Å²) in [5.41, 5.74) is 1.69. The molecule has 0 aliphatic carbocycles. The van der Waals surface area contributed by atoms with E-state index in [2.05, 4.69) is 20.2 Å². The molecule has 0 saturated carbocycles. The first-order valence-electron chi connectivity index (χ1n) is 13.4. The zero-order valence-corrected chi connectivity index (χ0v) is 22.6. The summed E-state index contributed by atoms with van der Waals surface area (Å²) in [6.07, 6.45) is 2.80. The highest BCUT2D eigenvalue weighted by Gasteiger charge is 2.35. The van der Waals surface area contributed by atoms with Crippen LogP contribution in [0.4, 0.5) is 24.5 Å². The number of aromatic amines is 1. The Morgan fingerprint density at radius 2 is 1.86 bits per heavy atom. The van der Waals surface area contributed by atoms with Gasteiger partial charge in [-0.2, -0.15) is 0 Å². The van der Waals surface area contributed by atoms with Crippen molar-refractivity contribution in [3.05, 3.63) is 83.5 Å². The van der Waals surface area contributed by atoms with Crippen LogP contribution in [0.25, 0.3) is 6.08 Å². The number of hydrogen-bond acceptors (Lipinski definition) is 6. The number of hydrogen-bond donors (Lipinski definition) is 4. The number of H-pyrrole nitrogens is 1. The fraction of sp³-hybridized carbons (Fsp3) is 0.310. The smallest absolute Gasteiger partial charge is 0.273 e. The standard InChI is InChI=1S/C29H30F3N7O3/c30-18-1-6-23(32)22(13-18)25-14-19(31)16-39(25)26(33)7-8-27-34-15-24(36-27)29(42)35-20-2-4-21(5-3-20)37-9-11-38(12-10-37)28(41)17-40/h1-8,13,15,19,25,33,40H,9-12,14,16-17H2,(H,34,36)(H,35,42)/b8-7-,33-26?/t19-,25+/m0/s1. The Balaban J connectivity index is 1.17. The van der Waals surface area contributed by atoms with Gasteiger partial charge in [-0.05, 0) is 54.6 Å². The highest BCUT2D eigenvalue weighted by molar-refractivity contribution is 6.03. The van der Waals surface area contributed by atoms with E-state index in [0.29, 0.717) is 31.9 Å². The van der Waals surface area contributed by atoms with E-state index in [1.165, 1.54) is 23.2 Å². The lowest BCUT2D eigenvalue weighted by atomic mass is 10.0. The number of aliphatic hydroxyl groups is 1. The van der Waals surface area contributed by atoms with Crippen LogP contribution in [0, 0.1) is 17.0 Å². The lowest BCUT2D eigenvalue weighted by Crippen LogP contribution is -2.49. The Labute approximate surface area is 240 Å². The van der Waals surface area contributed by atoms with Crippen molar-refractivity contribution in [3.63, 3.8) is 0 Å². The molecule has 3 heterocycles. The molecule has 1 aromatic heterocycles. The van der Waals surface area contributed by atoms with Crippen molar-refractivity contribution in [2.45, 2.75) is 18.6 Å². The Kier molecular flexibility index (Phi) is 8.57. The summed E-state index contributed by atoms with van der Waals surface area (Å²) >= 11 is 0. The Bertz CT molecular complexity index is 1490. The summed E-state index contributed by atoms with van der Waals surface area (Å²) in [6, 6.07) is 9.46. The van der Waals surface area contributed by atoms with Gasteiger partial charge in [0, 0.05) is 49.5 Å². The van der Waals surface area contributed by atoms with E-state index in [1.807, 2.05) is 12.1 Å². The number of imidazole rings is 1. The zero-order chi connectivity index (χ0) is 29.8. The zero-order valence-electron chi connectivity index (χ0n) is 22.6. The number of alkyl halides is 1. The number of piperazine rings is 1. The maximum absolute atomic E-state index is 14.3. The summed E-state index contributed by atoms with van der Waals surface area (Å²) < 4.78 is 42.3.